The minimum absolute atomic E-state index is 0.00976. The predicted octanol–water partition coefficient (Wildman–Crippen LogP) is 2.40. The predicted molar refractivity (Wildman–Crippen MR) is 63.1 cm³/mol. The van der Waals surface area contributed by atoms with Gasteiger partial charge in [-0.05, 0) is 33.1 Å². The summed E-state index contributed by atoms with van der Waals surface area (Å²) in [6.45, 7) is 4.94. The third-order valence-electron chi connectivity index (χ3n) is 2.73. The van der Waals surface area contributed by atoms with Gasteiger partial charge in [0, 0.05) is 12.8 Å². The van der Waals surface area contributed by atoms with Crippen LogP contribution in [0.3, 0.4) is 0 Å². The summed E-state index contributed by atoms with van der Waals surface area (Å²) in [6, 6.07) is -1.20. The Morgan fingerprint density at radius 2 is 1.95 bits per heavy atom. The first kappa shape index (κ1) is 15.7. The molecule has 7 heteroatoms. The summed E-state index contributed by atoms with van der Waals surface area (Å²) >= 11 is 0. The van der Waals surface area contributed by atoms with Gasteiger partial charge in [0.25, 0.3) is 0 Å². The van der Waals surface area contributed by atoms with Crippen molar-refractivity contribution in [3.05, 3.63) is 0 Å². The first-order valence-electron chi connectivity index (χ1n) is 6.09. The molecule has 5 nitrogen and oxygen atoms in total. The van der Waals surface area contributed by atoms with Crippen LogP contribution in [-0.2, 0) is 9.53 Å². The number of hydrogen-bond acceptors (Lipinski definition) is 3. The van der Waals surface area contributed by atoms with Gasteiger partial charge in [-0.25, -0.2) is 18.4 Å². The first-order chi connectivity index (χ1) is 8.48. The van der Waals surface area contributed by atoms with E-state index in [0.717, 1.165) is 0 Å². The fourth-order valence-corrected chi connectivity index (χ4v) is 1.96. The molecule has 1 fully saturated rings. The van der Waals surface area contributed by atoms with Crippen LogP contribution in [0.5, 0.6) is 0 Å². The van der Waals surface area contributed by atoms with Crippen LogP contribution in [0.25, 0.3) is 0 Å². The molecule has 19 heavy (non-hydrogen) atoms. The number of rotatable bonds is 4. The minimum atomic E-state index is -2.69. The molecule has 110 valence electrons. The number of alkyl carbamates (subject to hydrolysis) is 1. The molecule has 0 saturated heterocycles. The SMILES string of the molecule is CC(C)(C)OC(=O)N[C@H](CC1CC(F)(F)C1)C(=O)O. The standard InChI is InChI=1S/C12H19F2NO4/c1-11(2,3)19-10(18)15-8(9(16)17)4-7-5-12(13,14)6-7/h7-8H,4-6H2,1-3H3,(H,15,18)(H,16,17)/t8-/m1/s1. The van der Waals surface area contributed by atoms with Crippen molar-refractivity contribution in [1.82, 2.24) is 5.32 Å². The average Bonchev–Trinajstić information content (AvgIpc) is 2.10. The molecule has 0 aromatic carbocycles. The molecule has 1 saturated carbocycles. The van der Waals surface area contributed by atoms with Gasteiger partial charge in [0.15, 0.2) is 0 Å². The number of carbonyl (C=O) groups excluding carboxylic acids is 1. The Bertz CT molecular complexity index is 357. The third kappa shape index (κ3) is 5.40. The zero-order chi connectivity index (χ0) is 14.8. The van der Waals surface area contributed by atoms with Gasteiger partial charge in [-0.2, -0.15) is 0 Å². The van der Waals surface area contributed by atoms with E-state index in [-0.39, 0.29) is 25.2 Å². The second kappa shape index (κ2) is 5.30. The van der Waals surface area contributed by atoms with Gasteiger partial charge in [0.2, 0.25) is 5.92 Å². The van der Waals surface area contributed by atoms with Crippen LogP contribution in [0, 0.1) is 5.92 Å². The van der Waals surface area contributed by atoms with Crippen LogP contribution in [0.4, 0.5) is 13.6 Å². The molecule has 0 unspecified atom stereocenters. The number of halogens is 2. The molecule has 1 atom stereocenters. The van der Waals surface area contributed by atoms with E-state index in [2.05, 4.69) is 5.32 Å². The Balaban J connectivity index is 2.46. The zero-order valence-electron chi connectivity index (χ0n) is 11.2. The first-order valence-corrected chi connectivity index (χ1v) is 6.09. The van der Waals surface area contributed by atoms with Crippen LogP contribution in [0.2, 0.25) is 0 Å². The van der Waals surface area contributed by atoms with Gasteiger partial charge in [-0.3, -0.25) is 0 Å². The summed E-state index contributed by atoms with van der Waals surface area (Å²) in [5, 5.41) is 11.2. The van der Waals surface area contributed by atoms with E-state index in [1.807, 2.05) is 0 Å². The summed E-state index contributed by atoms with van der Waals surface area (Å²) < 4.78 is 30.3. The van der Waals surface area contributed by atoms with E-state index in [1.54, 1.807) is 20.8 Å². The number of aliphatic carboxylic acids is 1. The number of ether oxygens (including phenoxy) is 1. The molecule has 0 aromatic heterocycles. The van der Waals surface area contributed by atoms with Crippen LogP contribution in [0.15, 0.2) is 0 Å². The zero-order valence-corrected chi connectivity index (χ0v) is 11.2. The van der Waals surface area contributed by atoms with E-state index < -0.39 is 29.6 Å². The van der Waals surface area contributed by atoms with Gasteiger partial charge >= 0.3 is 12.1 Å². The highest BCUT2D eigenvalue weighted by Crippen LogP contribution is 2.44. The van der Waals surface area contributed by atoms with Crippen LogP contribution in [0.1, 0.15) is 40.0 Å². The van der Waals surface area contributed by atoms with Crippen molar-refractivity contribution in [1.29, 1.82) is 0 Å². The summed E-state index contributed by atoms with van der Waals surface area (Å²) in [5.41, 5.74) is -0.739. The van der Waals surface area contributed by atoms with Crippen molar-refractivity contribution in [2.45, 2.75) is 57.6 Å². The maximum absolute atomic E-state index is 12.7. The topological polar surface area (TPSA) is 75.6 Å². The van der Waals surface area contributed by atoms with Crippen molar-refractivity contribution in [3.63, 3.8) is 0 Å². The van der Waals surface area contributed by atoms with Crippen LogP contribution >= 0.6 is 0 Å². The molecule has 2 N–H and O–H groups in total. The summed E-state index contributed by atoms with van der Waals surface area (Å²) in [4.78, 5) is 22.4. The Hall–Kier alpha value is -1.40. The molecule has 1 aliphatic carbocycles. The van der Waals surface area contributed by atoms with Crippen molar-refractivity contribution >= 4 is 12.1 Å². The van der Waals surface area contributed by atoms with Crippen molar-refractivity contribution in [3.8, 4) is 0 Å². The van der Waals surface area contributed by atoms with Crippen molar-refractivity contribution in [2.24, 2.45) is 5.92 Å². The minimum Gasteiger partial charge on any atom is -0.480 e. The van der Waals surface area contributed by atoms with Crippen LogP contribution < -0.4 is 5.32 Å². The number of alkyl halides is 2. The second-order valence-electron chi connectivity index (χ2n) is 5.90. The Morgan fingerprint density at radius 3 is 2.32 bits per heavy atom. The fraction of sp³-hybridized carbons (Fsp3) is 0.833. The quantitative estimate of drug-likeness (QED) is 0.828. The lowest BCUT2D eigenvalue weighted by molar-refractivity contribution is -0.144. The van der Waals surface area contributed by atoms with E-state index in [0.29, 0.717) is 0 Å². The molecule has 0 bridgehead atoms. The lowest BCUT2D eigenvalue weighted by atomic mass is 9.77. The van der Waals surface area contributed by atoms with Crippen LogP contribution in [-0.4, -0.2) is 34.7 Å². The summed E-state index contributed by atoms with van der Waals surface area (Å²) in [7, 11) is 0. The fourth-order valence-electron chi connectivity index (χ4n) is 1.96. The average molecular weight is 279 g/mol. The van der Waals surface area contributed by atoms with Gasteiger partial charge in [0.05, 0.1) is 0 Å². The number of nitrogens with one attached hydrogen (secondary N) is 1. The van der Waals surface area contributed by atoms with Gasteiger partial charge in [-0.15, -0.1) is 0 Å². The molecular weight excluding hydrogens is 260 g/mol. The summed E-state index contributed by atoms with van der Waals surface area (Å²) in [5.74, 6) is -4.33. The van der Waals surface area contributed by atoms with Gasteiger partial charge in [0.1, 0.15) is 11.6 Å². The molecule has 1 aliphatic rings. The van der Waals surface area contributed by atoms with E-state index in [9.17, 15) is 18.4 Å². The second-order valence-corrected chi connectivity index (χ2v) is 5.90. The maximum atomic E-state index is 12.7. The van der Waals surface area contributed by atoms with E-state index >= 15 is 0 Å². The number of carboxylic acid groups (broad SMARTS) is 1. The van der Waals surface area contributed by atoms with E-state index in [1.165, 1.54) is 0 Å². The highest BCUT2D eigenvalue weighted by Gasteiger charge is 2.46. The van der Waals surface area contributed by atoms with Gasteiger partial charge < -0.3 is 15.2 Å². The van der Waals surface area contributed by atoms with Crippen molar-refractivity contribution < 1.29 is 28.2 Å². The Labute approximate surface area is 110 Å². The molecule has 0 heterocycles. The number of carbonyl (C=O) groups is 2. The summed E-state index contributed by atoms with van der Waals surface area (Å²) in [6.07, 6.45) is -1.52. The monoisotopic (exact) mass is 279 g/mol. The van der Waals surface area contributed by atoms with Gasteiger partial charge in [-0.1, -0.05) is 0 Å². The molecule has 1 amide bonds. The van der Waals surface area contributed by atoms with Crippen molar-refractivity contribution in [2.75, 3.05) is 0 Å². The maximum Gasteiger partial charge on any atom is 0.408 e. The lowest BCUT2D eigenvalue weighted by Gasteiger charge is -2.36. The lowest BCUT2D eigenvalue weighted by Crippen LogP contribution is -2.47. The molecule has 0 radical (unpaired) electrons. The Kier molecular flexibility index (Phi) is 4.37. The smallest absolute Gasteiger partial charge is 0.408 e. The largest absolute Gasteiger partial charge is 0.480 e. The third-order valence-corrected chi connectivity index (χ3v) is 2.73. The normalized spacial score (nSPS) is 20.3. The number of carboxylic acids is 1. The molecule has 0 aliphatic heterocycles. The molecular formula is C12H19F2NO4. The highest BCUT2D eigenvalue weighted by molar-refractivity contribution is 5.80. The molecule has 0 spiro atoms. The van der Waals surface area contributed by atoms with E-state index in [4.69, 9.17) is 9.84 Å². The highest BCUT2D eigenvalue weighted by atomic mass is 19.3. The molecule has 0 aromatic rings. The molecule has 1 rings (SSSR count). The number of hydrogen-bond donors (Lipinski definition) is 2. The number of amides is 1. The Morgan fingerprint density at radius 1 is 1.42 bits per heavy atom.